The molecule has 0 bridgehead atoms. The molecule has 0 aliphatic carbocycles. The van der Waals surface area contributed by atoms with E-state index in [2.05, 4.69) is 56.5 Å². The molecule has 2 aromatic heterocycles. The van der Waals surface area contributed by atoms with Crippen molar-refractivity contribution in [3.05, 3.63) is 107 Å². The topological polar surface area (TPSA) is 101 Å². The summed E-state index contributed by atoms with van der Waals surface area (Å²) in [5.74, 6) is 2.78. The minimum Gasteiger partial charge on any atom is -0.389 e. The zero-order chi connectivity index (χ0) is 33.0. The molecule has 0 saturated carbocycles. The Hall–Kier alpha value is -4.47. The number of alkyl halides is 2. The molecule has 0 radical (unpaired) electrons. The second-order valence-corrected chi connectivity index (χ2v) is 12.1. The van der Waals surface area contributed by atoms with Gasteiger partial charge < -0.3 is 21.2 Å². The summed E-state index contributed by atoms with van der Waals surface area (Å²) in [7, 11) is 0. The van der Waals surface area contributed by atoms with Crippen molar-refractivity contribution in [2.45, 2.75) is 50.4 Å². The van der Waals surface area contributed by atoms with E-state index in [9.17, 15) is 8.78 Å². The number of pyridine rings is 2. The number of piperidine rings is 1. The smallest absolute Gasteiger partial charge is 0.327 e. The molecule has 244 valence electrons. The number of terminal acetylenes is 1. The van der Waals surface area contributed by atoms with Crippen molar-refractivity contribution in [3.63, 3.8) is 0 Å². The molecule has 2 aromatic carbocycles. The Morgan fingerprint density at radius 3 is 2.55 bits per heavy atom. The molecule has 9 nitrogen and oxygen atoms in total. The Morgan fingerprint density at radius 2 is 1.87 bits per heavy atom. The number of fused-ring (bicyclic) bond motifs is 1. The summed E-state index contributed by atoms with van der Waals surface area (Å²) in [6.07, 6.45) is 14.9. The lowest BCUT2D eigenvalue weighted by atomic mass is 10.0. The summed E-state index contributed by atoms with van der Waals surface area (Å²) in [6, 6.07) is 14.3. The Morgan fingerprint density at radius 1 is 1.11 bits per heavy atom. The molecule has 47 heavy (non-hydrogen) atoms. The number of benzene rings is 2. The van der Waals surface area contributed by atoms with E-state index in [1.54, 1.807) is 18.6 Å². The molecule has 6 rings (SSSR count). The van der Waals surface area contributed by atoms with Crippen LogP contribution in [0.15, 0.2) is 85.1 Å². The van der Waals surface area contributed by atoms with Crippen LogP contribution in [0.2, 0.25) is 5.02 Å². The Labute approximate surface area is 278 Å². The number of halogens is 3. The van der Waals surface area contributed by atoms with Crippen LogP contribution in [-0.4, -0.2) is 56.8 Å². The van der Waals surface area contributed by atoms with Crippen LogP contribution in [0.4, 0.5) is 20.2 Å². The van der Waals surface area contributed by atoms with E-state index >= 15 is 0 Å². The van der Waals surface area contributed by atoms with Crippen LogP contribution in [0.25, 0.3) is 10.9 Å². The largest absolute Gasteiger partial charge is 0.389 e. The first-order valence-electron chi connectivity index (χ1n) is 15.6. The molecule has 1 saturated heterocycles. The van der Waals surface area contributed by atoms with E-state index in [4.69, 9.17) is 23.1 Å². The molecule has 1 fully saturated rings. The summed E-state index contributed by atoms with van der Waals surface area (Å²) in [4.78, 5) is 9.99. The highest BCUT2D eigenvalue weighted by Crippen LogP contribution is 2.38. The molecule has 0 spiro atoms. The van der Waals surface area contributed by atoms with Crippen molar-refractivity contribution in [1.82, 2.24) is 30.8 Å². The standard InChI is InChI=1S/C35H37ClF2N8O/c1-3-23-20-40-34-28(32(23)42-30(4-2)24-9-6-5-7-10-24)17-26(18-29(34)36)41-33(25-11-8-14-39-19-25)31-21-46(44-43-31)27-12-15-45(16-13-27)35(37,38)22-47/h1,5-11,14,17-21,27,30,33,41,43-44,47H,4,12-13,15-16,22H2,2H3,(H,40,42)/t30-,33+/m1/s1. The van der Waals surface area contributed by atoms with Crippen LogP contribution in [0.1, 0.15) is 55.0 Å². The number of hydrogen-bond acceptors (Lipinski definition) is 9. The highest BCUT2D eigenvalue weighted by molar-refractivity contribution is 6.35. The molecule has 4 aromatic rings. The second kappa shape index (κ2) is 14.1. The predicted octanol–water partition coefficient (Wildman–Crippen LogP) is 6.20. The molecular weight excluding hydrogens is 622 g/mol. The number of aliphatic hydroxyl groups excluding tert-OH is 1. The number of anilines is 2. The summed E-state index contributed by atoms with van der Waals surface area (Å²) in [5, 5.41) is 19.6. The lowest BCUT2D eigenvalue weighted by Gasteiger charge is -2.38. The average molecular weight is 659 g/mol. The van der Waals surface area contributed by atoms with E-state index in [1.807, 2.05) is 53.7 Å². The summed E-state index contributed by atoms with van der Waals surface area (Å²) < 4.78 is 28.1. The van der Waals surface area contributed by atoms with Crippen LogP contribution in [0.3, 0.4) is 0 Å². The van der Waals surface area contributed by atoms with Crippen LogP contribution < -0.4 is 21.6 Å². The van der Waals surface area contributed by atoms with Gasteiger partial charge in [-0.25, -0.2) is 4.90 Å². The summed E-state index contributed by atoms with van der Waals surface area (Å²) in [5.41, 5.74) is 12.1. The van der Waals surface area contributed by atoms with E-state index in [-0.39, 0.29) is 31.2 Å². The third-order valence-electron chi connectivity index (χ3n) is 8.77. The van der Waals surface area contributed by atoms with Crippen LogP contribution in [0.5, 0.6) is 0 Å². The fraction of sp³-hybridized carbons (Fsp3) is 0.314. The maximum absolute atomic E-state index is 14.0. The van der Waals surface area contributed by atoms with E-state index in [1.165, 1.54) is 0 Å². The van der Waals surface area contributed by atoms with Crippen LogP contribution in [0, 0.1) is 12.3 Å². The first-order valence-corrected chi connectivity index (χ1v) is 16.0. The molecule has 4 heterocycles. The first-order chi connectivity index (χ1) is 22.8. The van der Waals surface area contributed by atoms with Gasteiger partial charge in [-0.2, -0.15) is 8.78 Å². The fourth-order valence-corrected chi connectivity index (χ4v) is 6.47. The Kier molecular flexibility index (Phi) is 9.75. The molecule has 2 aliphatic rings. The van der Waals surface area contributed by atoms with Crippen molar-refractivity contribution in [3.8, 4) is 12.3 Å². The summed E-state index contributed by atoms with van der Waals surface area (Å²) in [6.45, 7) is 1.28. The van der Waals surface area contributed by atoms with Gasteiger partial charge in [-0.1, -0.05) is 60.8 Å². The van der Waals surface area contributed by atoms with Crippen molar-refractivity contribution in [2.24, 2.45) is 0 Å². The Bertz CT molecular complexity index is 1760. The fourth-order valence-electron chi connectivity index (χ4n) is 6.20. The number of hydrogen-bond donors (Lipinski definition) is 5. The van der Waals surface area contributed by atoms with Gasteiger partial charge in [0, 0.05) is 55.0 Å². The predicted molar refractivity (Wildman–Crippen MR) is 181 cm³/mol. The lowest BCUT2D eigenvalue weighted by molar-refractivity contribution is -0.182. The minimum atomic E-state index is -3.22. The number of aliphatic hydroxyl groups is 1. The molecule has 2 atom stereocenters. The maximum Gasteiger partial charge on any atom is 0.327 e. The molecule has 2 aliphatic heterocycles. The minimum absolute atomic E-state index is 0.0130. The van der Waals surface area contributed by atoms with Crippen LogP contribution >= 0.6 is 11.6 Å². The van der Waals surface area contributed by atoms with E-state index in [0.29, 0.717) is 28.9 Å². The zero-order valence-corrected chi connectivity index (χ0v) is 26.7. The van der Waals surface area contributed by atoms with Gasteiger partial charge in [0.05, 0.1) is 39.6 Å². The van der Waals surface area contributed by atoms with Crippen molar-refractivity contribution in [2.75, 3.05) is 30.3 Å². The number of nitrogens with one attached hydrogen (secondary N) is 4. The van der Waals surface area contributed by atoms with Gasteiger partial charge in [-0.3, -0.25) is 15.0 Å². The number of aromatic nitrogens is 2. The summed E-state index contributed by atoms with van der Waals surface area (Å²) >= 11 is 6.87. The van der Waals surface area contributed by atoms with Gasteiger partial charge in [0.15, 0.2) is 0 Å². The average Bonchev–Trinajstić information content (AvgIpc) is 3.60. The second-order valence-electron chi connectivity index (χ2n) is 11.7. The number of nitrogens with zero attached hydrogens (tertiary/aromatic N) is 4. The van der Waals surface area contributed by atoms with Gasteiger partial charge in [-0.05, 0) is 48.6 Å². The number of hydrazine groups is 2. The quantitative estimate of drug-likeness (QED) is 0.0953. The molecular formula is C35H37ClF2N8O. The first kappa shape index (κ1) is 32.5. The molecule has 0 amide bonds. The van der Waals surface area contributed by atoms with Gasteiger partial charge >= 0.3 is 6.05 Å². The monoisotopic (exact) mass is 658 g/mol. The third kappa shape index (κ3) is 6.96. The van der Waals surface area contributed by atoms with E-state index in [0.717, 1.165) is 44.9 Å². The number of likely N-dealkylation sites (tertiary alicyclic amines) is 1. The van der Waals surface area contributed by atoms with Crippen molar-refractivity contribution >= 4 is 33.9 Å². The lowest BCUT2D eigenvalue weighted by Crippen LogP contribution is -2.53. The SMILES string of the molecule is C#Cc1cnc2c(Cl)cc(N[C@H](C3=CN(C4CCN(C(F)(F)CO)CC4)NN3)c3cccnc3)cc2c1N[C@H](CC)c1ccccc1. The van der Waals surface area contributed by atoms with Gasteiger partial charge in [0.2, 0.25) is 0 Å². The highest BCUT2D eigenvalue weighted by atomic mass is 35.5. The van der Waals surface area contributed by atoms with Crippen molar-refractivity contribution < 1.29 is 13.9 Å². The zero-order valence-electron chi connectivity index (χ0n) is 25.9. The van der Waals surface area contributed by atoms with Gasteiger partial charge in [0.25, 0.3) is 0 Å². The van der Waals surface area contributed by atoms with E-state index < -0.39 is 12.7 Å². The normalized spacial score (nSPS) is 17.1. The van der Waals surface area contributed by atoms with Gasteiger partial charge in [0.1, 0.15) is 6.61 Å². The molecule has 0 unspecified atom stereocenters. The molecule has 5 N–H and O–H groups in total. The Balaban J connectivity index is 1.31. The molecule has 12 heteroatoms. The maximum atomic E-state index is 14.0. The van der Waals surface area contributed by atoms with Gasteiger partial charge in [-0.15, -0.1) is 12.0 Å². The highest BCUT2D eigenvalue weighted by Gasteiger charge is 2.40. The van der Waals surface area contributed by atoms with Crippen LogP contribution in [-0.2, 0) is 0 Å². The van der Waals surface area contributed by atoms with Crippen molar-refractivity contribution in [1.29, 1.82) is 0 Å². The third-order valence-corrected chi connectivity index (χ3v) is 9.06. The number of rotatable bonds is 11.